The van der Waals surface area contributed by atoms with Gasteiger partial charge in [0.05, 0.1) is 24.3 Å². The number of nitrogens with zero attached hydrogens (tertiary/aromatic N) is 2. The number of carbonyl (C=O) groups is 2. The van der Waals surface area contributed by atoms with Crippen LogP contribution in [0.25, 0.3) is 0 Å². The van der Waals surface area contributed by atoms with E-state index < -0.39 is 34.1 Å². The van der Waals surface area contributed by atoms with Gasteiger partial charge in [0.1, 0.15) is 24.1 Å². The van der Waals surface area contributed by atoms with Crippen LogP contribution in [0, 0.1) is 0 Å². The van der Waals surface area contributed by atoms with Gasteiger partial charge < -0.3 is 19.7 Å². The van der Waals surface area contributed by atoms with E-state index in [4.69, 9.17) is 9.47 Å². The van der Waals surface area contributed by atoms with E-state index in [-0.39, 0.29) is 23.0 Å². The Labute approximate surface area is 243 Å². The molecule has 0 unspecified atom stereocenters. The smallest absolute Gasteiger partial charge is 0.264 e. The molecular weight excluding hydrogens is 542 g/mol. The SMILES string of the molecule is CCOc1ccccc1N(CC(=O)N(Cc1cccc(OC)c1)[C@@H](C)C(=O)NC(C)(C)C)S(=O)(=O)c1ccccc1. The molecule has 0 radical (unpaired) electrons. The van der Waals surface area contributed by atoms with Gasteiger partial charge in [-0.25, -0.2) is 8.42 Å². The Morgan fingerprint density at radius 3 is 2.24 bits per heavy atom. The lowest BCUT2D eigenvalue weighted by Gasteiger charge is -2.33. The van der Waals surface area contributed by atoms with Crippen molar-refractivity contribution in [3.8, 4) is 11.5 Å². The lowest BCUT2D eigenvalue weighted by Crippen LogP contribution is -2.54. The molecule has 220 valence electrons. The number of amides is 2. The van der Waals surface area contributed by atoms with E-state index in [0.29, 0.717) is 18.1 Å². The van der Waals surface area contributed by atoms with Crippen molar-refractivity contribution in [2.45, 2.75) is 57.6 Å². The quantitative estimate of drug-likeness (QED) is 0.335. The number of nitrogens with one attached hydrogen (secondary N) is 1. The molecule has 1 atom stereocenters. The topological polar surface area (TPSA) is 105 Å². The van der Waals surface area contributed by atoms with Crippen LogP contribution >= 0.6 is 0 Å². The van der Waals surface area contributed by atoms with E-state index in [9.17, 15) is 18.0 Å². The second kappa shape index (κ2) is 13.5. The number of sulfonamides is 1. The summed E-state index contributed by atoms with van der Waals surface area (Å²) >= 11 is 0. The summed E-state index contributed by atoms with van der Waals surface area (Å²) in [6.07, 6.45) is 0. The fourth-order valence-corrected chi connectivity index (χ4v) is 5.64. The van der Waals surface area contributed by atoms with E-state index in [1.165, 1.54) is 17.0 Å². The molecule has 41 heavy (non-hydrogen) atoms. The highest BCUT2D eigenvalue weighted by molar-refractivity contribution is 7.92. The van der Waals surface area contributed by atoms with Gasteiger partial charge in [0.25, 0.3) is 10.0 Å². The van der Waals surface area contributed by atoms with E-state index in [0.717, 1.165) is 9.87 Å². The number of benzene rings is 3. The molecule has 0 saturated heterocycles. The monoisotopic (exact) mass is 581 g/mol. The molecule has 1 N–H and O–H groups in total. The minimum Gasteiger partial charge on any atom is -0.497 e. The van der Waals surface area contributed by atoms with Crippen LogP contribution in [0.2, 0.25) is 0 Å². The summed E-state index contributed by atoms with van der Waals surface area (Å²) in [4.78, 5) is 28.8. The van der Waals surface area contributed by atoms with E-state index >= 15 is 0 Å². The Morgan fingerprint density at radius 2 is 1.61 bits per heavy atom. The fourth-order valence-electron chi connectivity index (χ4n) is 4.20. The van der Waals surface area contributed by atoms with Crippen LogP contribution in [0.5, 0.6) is 11.5 Å². The number of ether oxygens (including phenoxy) is 2. The van der Waals surface area contributed by atoms with Crippen molar-refractivity contribution in [2.75, 3.05) is 24.6 Å². The first-order chi connectivity index (χ1) is 19.4. The third-order valence-electron chi connectivity index (χ3n) is 6.20. The summed E-state index contributed by atoms with van der Waals surface area (Å²) in [6.45, 7) is 8.78. The van der Waals surface area contributed by atoms with E-state index in [1.807, 2.05) is 26.8 Å². The van der Waals surface area contributed by atoms with Gasteiger partial charge in [0.15, 0.2) is 0 Å². The molecular formula is C31H39N3O6S. The fraction of sp³-hybridized carbons (Fsp3) is 0.355. The van der Waals surface area contributed by atoms with E-state index in [2.05, 4.69) is 5.32 Å². The molecule has 0 heterocycles. The molecule has 0 spiro atoms. The molecule has 3 aromatic carbocycles. The maximum atomic E-state index is 14.1. The lowest BCUT2D eigenvalue weighted by atomic mass is 10.1. The van der Waals surface area contributed by atoms with Gasteiger partial charge in [-0.3, -0.25) is 13.9 Å². The molecule has 0 aliphatic heterocycles. The van der Waals surface area contributed by atoms with Crippen molar-refractivity contribution in [2.24, 2.45) is 0 Å². The number of anilines is 1. The van der Waals surface area contributed by atoms with Crippen LogP contribution in [0.15, 0.2) is 83.8 Å². The average Bonchev–Trinajstić information content (AvgIpc) is 2.94. The summed E-state index contributed by atoms with van der Waals surface area (Å²) < 4.78 is 40.1. The first-order valence-corrected chi connectivity index (χ1v) is 14.9. The van der Waals surface area contributed by atoms with Gasteiger partial charge in [-0.05, 0) is 76.6 Å². The first-order valence-electron chi connectivity index (χ1n) is 13.4. The Kier molecular flexibility index (Phi) is 10.4. The van der Waals surface area contributed by atoms with Crippen LogP contribution in [0.1, 0.15) is 40.2 Å². The van der Waals surface area contributed by atoms with Crippen molar-refractivity contribution < 1.29 is 27.5 Å². The first kappa shape index (κ1) is 31.5. The minimum atomic E-state index is -4.20. The summed E-state index contributed by atoms with van der Waals surface area (Å²) in [6, 6.07) is 20.8. The molecule has 0 aromatic heterocycles. The van der Waals surface area contributed by atoms with Crippen LogP contribution in [0.3, 0.4) is 0 Å². The van der Waals surface area contributed by atoms with Crippen molar-refractivity contribution >= 4 is 27.5 Å². The molecule has 3 rings (SSSR count). The molecule has 10 heteroatoms. The summed E-state index contributed by atoms with van der Waals surface area (Å²) in [5, 5.41) is 2.92. The number of methoxy groups -OCH3 is 1. The summed E-state index contributed by atoms with van der Waals surface area (Å²) in [5.41, 5.74) is 0.412. The second-order valence-electron chi connectivity index (χ2n) is 10.5. The molecule has 0 aliphatic rings. The average molecular weight is 582 g/mol. The molecule has 9 nitrogen and oxygen atoms in total. The van der Waals surface area contributed by atoms with Crippen molar-refractivity contribution in [1.29, 1.82) is 0 Å². The van der Waals surface area contributed by atoms with Gasteiger partial charge in [-0.1, -0.05) is 42.5 Å². The lowest BCUT2D eigenvalue weighted by molar-refractivity contribution is -0.140. The highest BCUT2D eigenvalue weighted by atomic mass is 32.2. The molecule has 0 bridgehead atoms. The van der Waals surface area contributed by atoms with Gasteiger partial charge in [0.2, 0.25) is 11.8 Å². The maximum Gasteiger partial charge on any atom is 0.264 e. The third kappa shape index (κ3) is 8.23. The zero-order chi connectivity index (χ0) is 30.2. The number of para-hydroxylation sites is 2. The molecule has 2 amide bonds. The highest BCUT2D eigenvalue weighted by Crippen LogP contribution is 2.33. The predicted molar refractivity (Wildman–Crippen MR) is 159 cm³/mol. The zero-order valence-electron chi connectivity index (χ0n) is 24.5. The van der Waals surface area contributed by atoms with Crippen molar-refractivity contribution in [3.05, 3.63) is 84.4 Å². The second-order valence-corrected chi connectivity index (χ2v) is 12.4. The van der Waals surface area contributed by atoms with Crippen LogP contribution in [-0.4, -0.2) is 57.0 Å². The van der Waals surface area contributed by atoms with Gasteiger partial charge in [-0.15, -0.1) is 0 Å². The van der Waals surface area contributed by atoms with Crippen LogP contribution in [0.4, 0.5) is 5.69 Å². The summed E-state index contributed by atoms with van der Waals surface area (Å²) in [7, 11) is -2.65. The van der Waals surface area contributed by atoms with Gasteiger partial charge >= 0.3 is 0 Å². The molecule has 0 aliphatic carbocycles. The normalized spacial score (nSPS) is 12.2. The van der Waals surface area contributed by atoms with Crippen molar-refractivity contribution in [3.63, 3.8) is 0 Å². The summed E-state index contributed by atoms with van der Waals surface area (Å²) in [5.74, 6) is -0.00286. The van der Waals surface area contributed by atoms with Gasteiger partial charge in [0, 0.05) is 12.1 Å². The number of hydrogen-bond donors (Lipinski definition) is 1. The molecule has 0 fully saturated rings. The Hall–Kier alpha value is -4.05. The highest BCUT2D eigenvalue weighted by Gasteiger charge is 2.34. The number of rotatable bonds is 12. The Bertz CT molecular complexity index is 1440. The molecule has 3 aromatic rings. The molecule has 0 saturated carbocycles. The third-order valence-corrected chi connectivity index (χ3v) is 7.97. The Balaban J connectivity index is 2.08. The minimum absolute atomic E-state index is 0.0250. The standard InChI is InChI=1S/C31H39N3O6S/c1-7-40-28-19-12-11-18-27(28)34(41(37,38)26-16-9-8-10-17-26)22-29(35)33(23(2)30(36)32-31(3,4)5)21-24-14-13-15-25(20-24)39-6/h8-20,23H,7,21-22H2,1-6H3,(H,32,36)/t23-/m0/s1. The Morgan fingerprint density at radius 1 is 0.951 bits per heavy atom. The van der Waals surface area contributed by atoms with Crippen molar-refractivity contribution in [1.82, 2.24) is 10.2 Å². The number of carbonyl (C=O) groups excluding carboxylic acids is 2. The van der Waals surface area contributed by atoms with Crippen LogP contribution < -0.4 is 19.1 Å². The van der Waals surface area contributed by atoms with Crippen LogP contribution in [-0.2, 0) is 26.2 Å². The van der Waals surface area contributed by atoms with Gasteiger partial charge in [-0.2, -0.15) is 0 Å². The number of hydrogen-bond acceptors (Lipinski definition) is 6. The zero-order valence-corrected chi connectivity index (χ0v) is 25.3. The maximum absolute atomic E-state index is 14.1. The largest absolute Gasteiger partial charge is 0.497 e. The van der Waals surface area contributed by atoms with E-state index in [1.54, 1.807) is 81.6 Å². The predicted octanol–water partition coefficient (Wildman–Crippen LogP) is 4.62.